The third-order valence-corrected chi connectivity index (χ3v) is 2.53. The van der Waals surface area contributed by atoms with Crippen LogP contribution in [-0.2, 0) is 0 Å². The van der Waals surface area contributed by atoms with E-state index in [1.54, 1.807) is 0 Å². The number of terminal acetylenes is 1. The second kappa shape index (κ2) is 4.41. The maximum atomic E-state index is 5.18. The van der Waals surface area contributed by atoms with Gasteiger partial charge in [0.1, 0.15) is 0 Å². The lowest BCUT2D eigenvalue weighted by molar-refractivity contribution is 0.293. The summed E-state index contributed by atoms with van der Waals surface area (Å²) in [5, 5.41) is 0. The lowest BCUT2D eigenvalue weighted by atomic mass is 10.1. The molecule has 1 aliphatic heterocycles. The second-order valence-electron chi connectivity index (χ2n) is 3.37. The van der Waals surface area contributed by atoms with Crippen molar-refractivity contribution < 1.29 is 0 Å². The van der Waals surface area contributed by atoms with Gasteiger partial charge in [-0.25, -0.2) is 0 Å². The molecule has 1 nitrogen and oxygen atoms in total. The minimum Gasteiger partial charge on any atom is -0.303 e. The van der Waals surface area contributed by atoms with Crippen LogP contribution in [0.25, 0.3) is 0 Å². The first-order valence-corrected chi connectivity index (χ1v) is 4.48. The molecule has 1 saturated heterocycles. The lowest BCUT2D eigenvalue weighted by Gasteiger charge is -2.18. The number of nitrogens with zero attached hydrogens (tertiary/aromatic N) is 1. The van der Waals surface area contributed by atoms with Crippen LogP contribution in [0.2, 0.25) is 0 Å². The average molecular weight is 151 g/mol. The van der Waals surface area contributed by atoms with Crippen LogP contribution in [0.4, 0.5) is 0 Å². The number of hydrogen-bond acceptors (Lipinski definition) is 1. The lowest BCUT2D eigenvalue weighted by Crippen LogP contribution is -2.24. The Hall–Kier alpha value is -0.480. The van der Waals surface area contributed by atoms with Gasteiger partial charge in [0.15, 0.2) is 0 Å². The van der Waals surface area contributed by atoms with Crippen LogP contribution in [-0.4, -0.2) is 24.5 Å². The molecule has 11 heavy (non-hydrogen) atoms. The van der Waals surface area contributed by atoms with Gasteiger partial charge in [-0.2, -0.15) is 0 Å². The maximum absolute atomic E-state index is 5.18. The molecular weight excluding hydrogens is 134 g/mol. The monoisotopic (exact) mass is 151 g/mol. The van der Waals surface area contributed by atoms with Gasteiger partial charge in [-0.15, -0.1) is 12.3 Å². The van der Waals surface area contributed by atoms with Gasteiger partial charge in [0, 0.05) is 12.5 Å². The summed E-state index contributed by atoms with van der Waals surface area (Å²) in [5.41, 5.74) is 0. The molecule has 1 unspecified atom stereocenters. The molecule has 1 heteroatoms. The van der Waals surface area contributed by atoms with Gasteiger partial charge in [0.05, 0.1) is 0 Å². The van der Waals surface area contributed by atoms with Crippen LogP contribution in [0.1, 0.15) is 32.1 Å². The Labute approximate surface area is 69.8 Å². The van der Waals surface area contributed by atoms with Gasteiger partial charge in [-0.3, -0.25) is 0 Å². The Bertz CT molecular complexity index is 145. The fourth-order valence-corrected chi connectivity index (χ4v) is 1.78. The number of unbranched alkanes of at least 4 members (excludes halogenated alkanes) is 1. The van der Waals surface area contributed by atoms with Crippen molar-refractivity contribution >= 4 is 0 Å². The topological polar surface area (TPSA) is 3.24 Å². The summed E-state index contributed by atoms with van der Waals surface area (Å²) in [4.78, 5) is 2.45. The SMILES string of the molecule is C#CCCCC1CCCN1C. The first kappa shape index (κ1) is 8.62. The van der Waals surface area contributed by atoms with E-state index < -0.39 is 0 Å². The third-order valence-electron chi connectivity index (χ3n) is 2.53. The first-order valence-electron chi connectivity index (χ1n) is 4.48. The number of hydrogen-bond donors (Lipinski definition) is 0. The summed E-state index contributed by atoms with van der Waals surface area (Å²) in [7, 11) is 2.22. The van der Waals surface area contributed by atoms with E-state index >= 15 is 0 Å². The zero-order chi connectivity index (χ0) is 8.10. The van der Waals surface area contributed by atoms with Crippen molar-refractivity contribution in [3.05, 3.63) is 0 Å². The molecule has 0 aromatic carbocycles. The standard InChI is InChI=1S/C10H17N/c1-3-4-5-7-10-8-6-9-11(10)2/h1,10H,4-9H2,2H3. The molecule has 62 valence electrons. The van der Waals surface area contributed by atoms with Gasteiger partial charge >= 0.3 is 0 Å². The Balaban J connectivity index is 2.11. The van der Waals surface area contributed by atoms with Crippen LogP contribution >= 0.6 is 0 Å². The first-order chi connectivity index (χ1) is 5.34. The molecule has 0 aromatic rings. The molecular formula is C10H17N. The maximum Gasteiger partial charge on any atom is 0.00930 e. The highest BCUT2D eigenvalue weighted by Crippen LogP contribution is 2.19. The zero-order valence-corrected chi connectivity index (χ0v) is 7.34. The molecule has 1 heterocycles. The van der Waals surface area contributed by atoms with Crippen molar-refractivity contribution in [3.63, 3.8) is 0 Å². The van der Waals surface area contributed by atoms with Crippen LogP contribution in [0, 0.1) is 12.3 Å². The molecule has 0 bridgehead atoms. The molecule has 0 saturated carbocycles. The Morgan fingerprint density at radius 3 is 3.00 bits per heavy atom. The van der Waals surface area contributed by atoms with Crippen molar-refractivity contribution in [2.45, 2.75) is 38.1 Å². The zero-order valence-electron chi connectivity index (χ0n) is 7.34. The largest absolute Gasteiger partial charge is 0.303 e. The Morgan fingerprint density at radius 1 is 1.64 bits per heavy atom. The molecule has 0 aromatic heterocycles. The third kappa shape index (κ3) is 2.55. The summed E-state index contributed by atoms with van der Waals surface area (Å²) in [6.45, 7) is 1.28. The van der Waals surface area contributed by atoms with Crippen LogP contribution in [0.3, 0.4) is 0 Å². The van der Waals surface area contributed by atoms with E-state index in [1.165, 1.54) is 32.2 Å². The summed E-state index contributed by atoms with van der Waals surface area (Å²) in [5.74, 6) is 2.69. The molecule has 1 fully saturated rings. The fourth-order valence-electron chi connectivity index (χ4n) is 1.78. The van der Waals surface area contributed by atoms with E-state index in [2.05, 4.69) is 17.9 Å². The van der Waals surface area contributed by atoms with Gasteiger partial charge in [0.25, 0.3) is 0 Å². The summed E-state index contributed by atoms with van der Waals surface area (Å²) >= 11 is 0. The van der Waals surface area contributed by atoms with E-state index in [0.717, 1.165) is 12.5 Å². The predicted octanol–water partition coefficient (Wildman–Crippen LogP) is 1.88. The van der Waals surface area contributed by atoms with E-state index in [4.69, 9.17) is 6.42 Å². The minimum absolute atomic E-state index is 0.823. The minimum atomic E-state index is 0.823. The van der Waals surface area contributed by atoms with Gasteiger partial charge in [0.2, 0.25) is 0 Å². The fraction of sp³-hybridized carbons (Fsp3) is 0.800. The van der Waals surface area contributed by atoms with E-state index in [1.807, 2.05) is 0 Å². The number of rotatable bonds is 3. The van der Waals surface area contributed by atoms with Crippen molar-refractivity contribution in [2.24, 2.45) is 0 Å². The summed E-state index contributed by atoms with van der Waals surface area (Å²) in [6.07, 6.45) is 11.4. The molecule has 1 aliphatic rings. The van der Waals surface area contributed by atoms with Gasteiger partial charge < -0.3 is 4.90 Å². The quantitative estimate of drug-likeness (QED) is 0.440. The molecule has 0 N–H and O–H groups in total. The highest BCUT2D eigenvalue weighted by atomic mass is 15.1. The average Bonchev–Trinajstić information content (AvgIpc) is 2.37. The molecule has 0 amide bonds. The van der Waals surface area contributed by atoms with Crippen LogP contribution in [0.15, 0.2) is 0 Å². The molecule has 1 rings (SSSR count). The van der Waals surface area contributed by atoms with Crippen LogP contribution in [0.5, 0.6) is 0 Å². The molecule has 0 radical (unpaired) electrons. The Kier molecular flexibility index (Phi) is 3.45. The Morgan fingerprint density at radius 2 is 2.45 bits per heavy atom. The molecule has 1 atom stereocenters. The highest BCUT2D eigenvalue weighted by molar-refractivity contribution is 4.85. The molecule has 0 aliphatic carbocycles. The van der Waals surface area contributed by atoms with Crippen LogP contribution < -0.4 is 0 Å². The van der Waals surface area contributed by atoms with Gasteiger partial charge in [-0.05, 0) is 39.3 Å². The summed E-state index contributed by atoms with van der Waals surface area (Å²) in [6, 6.07) is 0.823. The van der Waals surface area contributed by atoms with Gasteiger partial charge in [-0.1, -0.05) is 0 Å². The predicted molar refractivity (Wildman–Crippen MR) is 48.3 cm³/mol. The van der Waals surface area contributed by atoms with Crippen molar-refractivity contribution in [1.29, 1.82) is 0 Å². The van der Waals surface area contributed by atoms with Crippen molar-refractivity contribution in [3.8, 4) is 12.3 Å². The smallest absolute Gasteiger partial charge is 0.00930 e. The van der Waals surface area contributed by atoms with E-state index in [0.29, 0.717) is 0 Å². The summed E-state index contributed by atoms with van der Waals surface area (Å²) < 4.78 is 0. The number of likely N-dealkylation sites (tertiary alicyclic amines) is 1. The van der Waals surface area contributed by atoms with Crippen molar-refractivity contribution in [2.75, 3.05) is 13.6 Å². The highest BCUT2D eigenvalue weighted by Gasteiger charge is 2.19. The second-order valence-corrected chi connectivity index (χ2v) is 3.37. The normalized spacial score (nSPS) is 25.3. The molecule has 0 spiro atoms. The van der Waals surface area contributed by atoms with E-state index in [-0.39, 0.29) is 0 Å². The van der Waals surface area contributed by atoms with E-state index in [9.17, 15) is 0 Å². The van der Waals surface area contributed by atoms with Crippen molar-refractivity contribution in [1.82, 2.24) is 4.90 Å².